The van der Waals surface area contributed by atoms with Crippen molar-refractivity contribution in [3.05, 3.63) is 0 Å². The summed E-state index contributed by atoms with van der Waals surface area (Å²) < 4.78 is 0. The standard InChI is InChI=1S/C8H14N2O2/c1-5(2)3-6-8(12)9-4-7(11)10-6/h5-6H,3-4H2,1-2H3,(H,9,12)(H,10,11)/t6-/m0/s1. The minimum absolute atomic E-state index is 0.0664. The van der Waals surface area contributed by atoms with E-state index in [0.29, 0.717) is 12.3 Å². The van der Waals surface area contributed by atoms with E-state index in [1.54, 1.807) is 0 Å². The van der Waals surface area contributed by atoms with Gasteiger partial charge in [0.15, 0.2) is 0 Å². The summed E-state index contributed by atoms with van der Waals surface area (Å²) in [6.45, 7) is 4.16. The van der Waals surface area contributed by atoms with Crippen LogP contribution in [0.1, 0.15) is 20.3 Å². The Hall–Kier alpha value is -1.06. The molecule has 4 heteroatoms. The third kappa shape index (κ3) is 2.22. The lowest BCUT2D eigenvalue weighted by Gasteiger charge is -2.24. The van der Waals surface area contributed by atoms with Gasteiger partial charge in [-0.15, -0.1) is 0 Å². The van der Waals surface area contributed by atoms with E-state index >= 15 is 0 Å². The summed E-state index contributed by atoms with van der Waals surface area (Å²) in [5.41, 5.74) is 0. The molecule has 1 rings (SSSR count). The molecular formula is C8H14N2O2. The highest BCUT2D eigenvalue weighted by Crippen LogP contribution is 2.06. The largest absolute Gasteiger partial charge is 0.345 e. The van der Waals surface area contributed by atoms with E-state index in [2.05, 4.69) is 10.6 Å². The lowest BCUT2D eigenvalue weighted by molar-refractivity contribution is -0.134. The molecule has 4 nitrogen and oxygen atoms in total. The second kappa shape index (κ2) is 3.56. The summed E-state index contributed by atoms with van der Waals surface area (Å²) in [5.74, 6) is 0.253. The van der Waals surface area contributed by atoms with Gasteiger partial charge < -0.3 is 10.6 Å². The molecule has 0 saturated carbocycles. The van der Waals surface area contributed by atoms with E-state index in [0.717, 1.165) is 0 Å². The average Bonchev–Trinajstić information content (AvgIpc) is 1.96. The van der Waals surface area contributed by atoms with E-state index < -0.39 is 0 Å². The van der Waals surface area contributed by atoms with Crippen molar-refractivity contribution in [2.24, 2.45) is 5.92 Å². The van der Waals surface area contributed by atoms with Crippen LogP contribution in [0.3, 0.4) is 0 Å². The van der Waals surface area contributed by atoms with E-state index in [1.807, 2.05) is 13.8 Å². The minimum Gasteiger partial charge on any atom is -0.345 e. The van der Waals surface area contributed by atoms with Gasteiger partial charge in [-0.2, -0.15) is 0 Å². The molecule has 0 aromatic carbocycles. The zero-order valence-electron chi connectivity index (χ0n) is 7.39. The fraction of sp³-hybridized carbons (Fsp3) is 0.750. The maximum absolute atomic E-state index is 11.1. The third-order valence-electron chi connectivity index (χ3n) is 1.78. The number of hydrogen-bond acceptors (Lipinski definition) is 2. The minimum atomic E-state index is -0.328. The van der Waals surface area contributed by atoms with Crippen LogP contribution in [-0.4, -0.2) is 24.4 Å². The second-order valence-electron chi connectivity index (χ2n) is 3.47. The van der Waals surface area contributed by atoms with E-state index in [9.17, 15) is 9.59 Å². The van der Waals surface area contributed by atoms with Crippen molar-refractivity contribution in [2.75, 3.05) is 6.54 Å². The van der Waals surface area contributed by atoms with Crippen LogP contribution in [-0.2, 0) is 9.59 Å². The highest BCUT2D eigenvalue weighted by atomic mass is 16.2. The maximum Gasteiger partial charge on any atom is 0.243 e. The number of piperazine rings is 1. The lowest BCUT2D eigenvalue weighted by atomic mass is 10.0. The number of carbonyl (C=O) groups excluding carboxylic acids is 2. The summed E-state index contributed by atoms with van der Waals surface area (Å²) >= 11 is 0. The molecule has 12 heavy (non-hydrogen) atoms. The van der Waals surface area contributed by atoms with Crippen LogP contribution in [0.4, 0.5) is 0 Å². The van der Waals surface area contributed by atoms with Gasteiger partial charge in [-0.3, -0.25) is 9.59 Å². The average molecular weight is 170 g/mol. The first-order valence-electron chi connectivity index (χ1n) is 4.16. The number of carbonyl (C=O) groups is 2. The van der Waals surface area contributed by atoms with Crippen molar-refractivity contribution < 1.29 is 9.59 Å². The van der Waals surface area contributed by atoms with E-state index in [-0.39, 0.29) is 24.4 Å². The van der Waals surface area contributed by atoms with Gasteiger partial charge in [-0.25, -0.2) is 0 Å². The van der Waals surface area contributed by atoms with Crippen LogP contribution in [0.2, 0.25) is 0 Å². The Labute approximate surface area is 71.7 Å². The summed E-state index contributed by atoms with van der Waals surface area (Å²) in [6, 6.07) is -0.328. The van der Waals surface area contributed by atoms with Crippen molar-refractivity contribution in [1.29, 1.82) is 0 Å². The van der Waals surface area contributed by atoms with Crippen molar-refractivity contribution >= 4 is 11.8 Å². The van der Waals surface area contributed by atoms with Gasteiger partial charge in [-0.05, 0) is 12.3 Å². The first-order valence-corrected chi connectivity index (χ1v) is 4.16. The van der Waals surface area contributed by atoms with Crippen LogP contribution < -0.4 is 10.6 Å². The SMILES string of the molecule is CC(C)C[C@@H]1NC(=O)CNC1=O. The molecular weight excluding hydrogens is 156 g/mol. The van der Waals surface area contributed by atoms with Gasteiger partial charge in [0.2, 0.25) is 11.8 Å². The van der Waals surface area contributed by atoms with Crippen molar-refractivity contribution in [3.63, 3.8) is 0 Å². The molecule has 0 aromatic rings. The quantitative estimate of drug-likeness (QED) is 0.595. The fourth-order valence-electron chi connectivity index (χ4n) is 1.24. The Morgan fingerprint density at radius 1 is 1.50 bits per heavy atom. The number of rotatable bonds is 2. The lowest BCUT2D eigenvalue weighted by Crippen LogP contribution is -2.56. The molecule has 2 N–H and O–H groups in total. The Bertz CT molecular complexity index is 201. The highest BCUT2D eigenvalue weighted by molar-refractivity contribution is 5.94. The van der Waals surface area contributed by atoms with Crippen LogP contribution in [0, 0.1) is 5.92 Å². The Kier molecular flexibility index (Phi) is 2.68. The summed E-state index contributed by atoms with van der Waals surface area (Å²) in [5, 5.41) is 5.18. The molecule has 2 amide bonds. The van der Waals surface area contributed by atoms with Gasteiger partial charge in [-0.1, -0.05) is 13.8 Å². The first-order chi connectivity index (χ1) is 5.59. The molecule has 1 aliphatic rings. The molecule has 0 aromatic heterocycles. The van der Waals surface area contributed by atoms with Crippen LogP contribution >= 0.6 is 0 Å². The first kappa shape index (κ1) is 9.03. The third-order valence-corrected chi connectivity index (χ3v) is 1.78. The zero-order valence-corrected chi connectivity index (χ0v) is 7.39. The van der Waals surface area contributed by atoms with Gasteiger partial charge in [0.1, 0.15) is 6.04 Å². The smallest absolute Gasteiger partial charge is 0.243 e. The highest BCUT2D eigenvalue weighted by Gasteiger charge is 2.25. The second-order valence-corrected chi connectivity index (χ2v) is 3.47. The fourth-order valence-corrected chi connectivity index (χ4v) is 1.24. The normalized spacial score (nSPS) is 23.8. The summed E-state index contributed by atoms with van der Waals surface area (Å²) in [4.78, 5) is 22.0. The molecule has 0 unspecified atom stereocenters. The zero-order chi connectivity index (χ0) is 9.14. The summed E-state index contributed by atoms with van der Waals surface area (Å²) in [7, 11) is 0. The van der Waals surface area contributed by atoms with Gasteiger partial charge in [0.05, 0.1) is 6.54 Å². The molecule has 0 radical (unpaired) electrons. The Morgan fingerprint density at radius 2 is 2.17 bits per heavy atom. The monoisotopic (exact) mass is 170 g/mol. The molecule has 1 fully saturated rings. The van der Waals surface area contributed by atoms with Crippen LogP contribution in [0.25, 0.3) is 0 Å². The molecule has 68 valence electrons. The van der Waals surface area contributed by atoms with Crippen LogP contribution in [0.5, 0.6) is 0 Å². The predicted molar refractivity (Wildman–Crippen MR) is 44.4 cm³/mol. The van der Waals surface area contributed by atoms with E-state index in [1.165, 1.54) is 0 Å². The molecule has 1 heterocycles. The number of hydrogen-bond donors (Lipinski definition) is 2. The molecule has 0 spiro atoms. The summed E-state index contributed by atoms with van der Waals surface area (Å²) in [6.07, 6.45) is 0.706. The maximum atomic E-state index is 11.1. The molecule has 0 aliphatic carbocycles. The molecule has 1 atom stereocenters. The molecule has 0 bridgehead atoms. The van der Waals surface area contributed by atoms with Gasteiger partial charge >= 0.3 is 0 Å². The molecule has 1 aliphatic heterocycles. The van der Waals surface area contributed by atoms with E-state index in [4.69, 9.17) is 0 Å². The molecule has 1 saturated heterocycles. The van der Waals surface area contributed by atoms with Crippen molar-refractivity contribution in [2.45, 2.75) is 26.3 Å². The van der Waals surface area contributed by atoms with Crippen molar-refractivity contribution in [1.82, 2.24) is 10.6 Å². The van der Waals surface area contributed by atoms with Gasteiger partial charge in [0.25, 0.3) is 0 Å². The predicted octanol–water partition coefficient (Wildman–Crippen LogP) is -0.353. The topological polar surface area (TPSA) is 58.2 Å². The number of amides is 2. The number of nitrogens with one attached hydrogen (secondary N) is 2. The van der Waals surface area contributed by atoms with Crippen molar-refractivity contribution in [3.8, 4) is 0 Å². The van der Waals surface area contributed by atoms with Gasteiger partial charge in [0, 0.05) is 0 Å². The van der Waals surface area contributed by atoms with Crippen LogP contribution in [0.15, 0.2) is 0 Å². The Balaban J connectivity index is 2.49. The Morgan fingerprint density at radius 3 is 2.75 bits per heavy atom.